The van der Waals surface area contributed by atoms with Gasteiger partial charge in [-0.15, -0.1) is 0 Å². The van der Waals surface area contributed by atoms with Gasteiger partial charge in [-0.25, -0.2) is 4.39 Å². The summed E-state index contributed by atoms with van der Waals surface area (Å²) in [5.74, 6) is -0.992. The van der Waals surface area contributed by atoms with E-state index in [1.807, 2.05) is 33.8 Å². The Labute approximate surface area is 119 Å². The highest BCUT2D eigenvalue weighted by Gasteiger charge is 2.52. The quantitative estimate of drug-likeness (QED) is 0.776. The molecule has 0 radical (unpaired) electrons. The number of pyridine rings is 1. The summed E-state index contributed by atoms with van der Waals surface area (Å²) < 4.78 is 25.7. The summed E-state index contributed by atoms with van der Waals surface area (Å²) in [4.78, 5) is 4.18. The lowest BCUT2D eigenvalue weighted by Crippen LogP contribution is -2.41. The van der Waals surface area contributed by atoms with Crippen molar-refractivity contribution in [3.05, 3.63) is 23.6 Å². The van der Waals surface area contributed by atoms with Crippen LogP contribution in [0.4, 0.5) is 4.39 Å². The number of hydrogen-bond donors (Lipinski definition) is 0. The second kappa shape index (κ2) is 4.83. The number of nitriles is 1. The van der Waals surface area contributed by atoms with Crippen LogP contribution in [-0.2, 0) is 9.31 Å². The lowest BCUT2D eigenvalue weighted by molar-refractivity contribution is 0.00578. The zero-order chi connectivity index (χ0) is 15.1. The van der Waals surface area contributed by atoms with Gasteiger partial charge < -0.3 is 9.31 Å². The maximum absolute atomic E-state index is 14.0. The van der Waals surface area contributed by atoms with Crippen molar-refractivity contribution >= 4 is 12.7 Å². The van der Waals surface area contributed by atoms with Gasteiger partial charge in [-0.1, -0.05) is 0 Å². The zero-order valence-corrected chi connectivity index (χ0v) is 12.4. The Balaban J connectivity index is 2.29. The predicted octanol–water partition coefficient (Wildman–Crippen LogP) is 2.15. The molecule has 0 amide bonds. The highest BCUT2D eigenvalue weighted by atomic mass is 19.1. The van der Waals surface area contributed by atoms with Crippen molar-refractivity contribution in [2.24, 2.45) is 0 Å². The van der Waals surface area contributed by atoms with Crippen molar-refractivity contribution in [2.45, 2.75) is 51.7 Å². The van der Waals surface area contributed by atoms with E-state index in [0.717, 1.165) is 0 Å². The van der Waals surface area contributed by atoms with Crippen molar-refractivity contribution in [3.8, 4) is 6.07 Å². The maximum Gasteiger partial charge on any atom is 0.514 e. The molecule has 0 N–H and O–H groups in total. The van der Waals surface area contributed by atoms with E-state index < -0.39 is 30.1 Å². The summed E-state index contributed by atoms with van der Waals surface area (Å²) in [7, 11) is -0.694. The lowest BCUT2D eigenvalue weighted by atomic mass is 9.83. The predicted molar refractivity (Wildman–Crippen MR) is 73.9 cm³/mol. The van der Waals surface area contributed by atoms with E-state index in [9.17, 15) is 4.39 Å². The molecule has 1 aromatic rings. The molecular weight excluding hydrogens is 258 g/mol. The number of halogens is 1. The number of aromatic nitrogens is 1. The van der Waals surface area contributed by atoms with Gasteiger partial charge in [0.2, 0.25) is 0 Å². The largest absolute Gasteiger partial charge is 0.514 e. The minimum atomic E-state index is -0.694. The van der Waals surface area contributed by atoms with Crippen molar-refractivity contribution in [2.75, 3.05) is 0 Å². The Morgan fingerprint density at radius 3 is 2.30 bits per heavy atom. The molecule has 1 atom stereocenters. The van der Waals surface area contributed by atoms with Crippen molar-refractivity contribution < 1.29 is 13.7 Å². The first kappa shape index (κ1) is 15.0. The van der Waals surface area contributed by atoms with E-state index in [4.69, 9.17) is 14.6 Å². The molecule has 0 aliphatic carbocycles. The van der Waals surface area contributed by atoms with Crippen LogP contribution in [0.1, 0.15) is 46.1 Å². The van der Waals surface area contributed by atoms with Gasteiger partial charge in [-0.3, -0.25) is 4.98 Å². The van der Waals surface area contributed by atoms with Gasteiger partial charge in [-0.2, -0.15) is 5.26 Å². The summed E-state index contributed by atoms with van der Waals surface area (Å²) in [6.07, 6.45) is 1.38. The zero-order valence-electron chi connectivity index (χ0n) is 12.4. The molecule has 1 unspecified atom stereocenters. The third-order valence-corrected chi connectivity index (χ3v) is 4.06. The van der Waals surface area contributed by atoms with E-state index in [2.05, 4.69) is 4.98 Å². The Kier molecular flexibility index (Phi) is 3.61. The van der Waals surface area contributed by atoms with E-state index in [1.165, 1.54) is 12.3 Å². The van der Waals surface area contributed by atoms with Crippen LogP contribution in [0.25, 0.3) is 0 Å². The van der Waals surface area contributed by atoms with E-state index in [0.29, 0.717) is 5.59 Å². The molecule has 2 heterocycles. The molecule has 0 spiro atoms. The number of hydrogen-bond acceptors (Lipinski definition) is 4. The maximum atomic E-state index is 14.0. The van der Waals surface area contributed by atoms with Crippen molar-refractivity contribution in [3.63, 3.8) is 0 Å². The Hall–Kier alpha value is -1.45. The van der Waals surface area contributed by atoms with Gasteiger partial charge in [0.25, 0.3) is 0 Å². The fourth-order valence-corrected chi connectivity index (χ4v) is 1.94. The second-order valence-electron chi connectivity index (χ2n) is 6.07. The first-order valence-electron chi connectivity index (χ1n) is 6.58. The molecule has 2 rings (SSSR count). The minimum Gasteiger partial charge on any atom is -0.398 e. The van der Waals surface area contributed by atoms with Crippen LogP contribution in [-0.4, -0.2) is 23.3 Å². The van der Waals surface area contributed by atoms with E-state index >= 15 is 0 Å². The minimum absolute atomic E-state index is 0.285. The Bertz CT molecular complexity index is 553. The van der Waals surface area contributed by atoms with Gasteiger partial charge in [0, 0.05) is 11.8 Å². The second-order valence-corrected chi connectivity index (χ2v) is 6.07. The third-order valence-electron chi connectivity index (χ3n) is 4.06. The highest BCUT2D eigenvalue weighted by Crippen LogP contribution is 2.36. The number of nitrogens with zero attached hydrogens (tertiary/aromatic N) is 2. The van der Waals surface area contributed by atoms with Crippen LogP contribution in [0.2, 0.25) is 0 Å². The topological polar surface area (TPSA) is 55.1 Å². The van der Waals surface area contributed by atoms with Crippen LogP contribution in [0, 0.1) is 17.1 Å². The normalized spacial score (nSPS) is 21.6. The lowest BCUT2D eigenvalue weighted by Gasteiger charge is -2.32. The molecule has 0 saturated carbocycles. The van der Waals surface area contributed by atoms with E-state index in [1.54, 1.807) is 6.92 Å². The molecule has 0 bridgehead atoms. The van der Waals surface area contributed by atoms with Gasteiger partial charge in [0.1, 0.15) is 5.82 Å². The summed E-state index contributed by atoms with van der Waals surface area (Å²) in [5.41, 5.74) is -0.314. The molecule has 106 valence electrons. The molecular formula is C14H18BFN2O2. The van der Waals surface area contributed by atoms with Crippen LogP contribution >= 0.6 is 0 Å². The average Bonchev–Trinajstić information content (AvgIpc) is 2.57. The SMILES string of the molecule is CC(C#N)c1cnc(B2OC(C)(C)C(C)(C)O2)cc1F. The number of rotatable bonds is 2. The van der Waals surface area contributed by atoms with Crippen LogP contribution in [0.15, 0.2) is 12.3 Å². The molecule has 1 aromatic heterocycles. The van der Waals surface area contributed by atoms with Crippen molar-refractivity contribution in [1.82, 2.24) is 4.98 Å². The molecule has 1 aliphatic rings. The van der Waals surface area contributed by atoms with Crippen molar-refractivity contribution in [1.29, 1.82) is 5.26 Å². The first-order valence-corrected chi connectivity index (χ1v) is 6.58. The standard InChI is InChI=1S/C14H18BFN2O2/c1-9(7-17)10-8-18-12(6-11(10)16)15-19-13(2,3)14(4,5)20-15/h6,8-9H,1-5H3. The first-order chi connectivity index (χ1) is 9.18. The fourth-order valence-electron chi connectivity index (χ4n) is 1.94. The van der Waals surface area contributed by atoms with Gasteiger partial charge in [0.15, 0.2) is 0 Å². The van der Waals surface area contributed by atoms with Crippen LogP contribution in [0.3, 0.4) is 0 Å². The molecule has 20 heavy (non-hydrogen) atoms. The molecule has 1 saturated heterocycles. The van der Waals surface area contributed by atoms with Crippen LogP contribution in [0.5, 0.6) is 0 Å². The highest BCUT2D eigenvalue weighted by molar-refractivity contribution is 6.61. The third kappa shape index (κ3) is 2.44. The fraction of sp³-hybridized carbons (Fsp3) is 0.571. The monoisotopic (exact) mass is 276 g/mol. The molecule has 0 aromatic carbocycles. The summed E-state index contributed by atoms with van der Waals surface area (Å²) >= 11 is 0. The van der Waals surface area contributed by atoms with Gasteiger partial charge in [0.05, 0.1) is 28.8 Å². The molecule has 4 nitrogen and oxygen atoms in total. The van der Waals surface area contributed by atoms with Crippen LogP contribution < -0.4 is 5.59 Å². The van der Waals surface area contributed by atoms with Gasteiger partial charge in [-0.05, 0) is 40.7 Å². The molecule has 6 heteroatoms. The van der Waals surface area contributed by atoms with E-state index in [-0.39, 0.29) is 5.56 Å². The molecule has 1 fully saturated rings. The Morgan fingerprint density at radius 2 is 1.85 bits per heavy atom. The smallest absolute Gasteiger partial charge is 0.398 e. The summed E-state index contributed by atoms with van der Waals surface area (Å²) in [6, 6.07) is 3.28. The summed E-state index contributed by atoms with van der Waals surface area (Å²) in [5, 5.41) is 8.84. The Morgan fingerprint density at radius 1 is 1.30 bits per heavy atom. The van der Waals surface area contributed by atoms with Gasteiger partial charge >= 0.3 is 7.12 Å². The summed E-state index contributed by atoms with van der Waals surface area (Å²) in [6.45, 7) is 9.34. The molecule has 1 aliphatic heterocycles. The average molecular weight is 276 g/mol.